The summed E-state index contributed by atoms with van der Waals surface area (Å²) in [5.41, 5.74) is 1.68. The fourth-order valence-corrected chi connectivity index (χ4v) is 1.88. The fraction of sp³-hybridized carbons (Fsp3) is 0.308. The van der Waals surface area contributed by atoms with E-state index in [4.69, 9.17) is 0 Å². The minimum atomic E-state index is -0.864. The molecule has 94 valence electrons. The van der Waals surface area contributed by atoms with Gasteiger partial charge < -0.3 is 10.1 Å². The van der Waals surface area contributed by atoms with Crippen LogP contribution in [0.15, 0.2) is 30.7 Å². The lowest BCUT2D eigenvalue weighted by Crippen LogP contribution is -2.18. The number of hydrogen-bond donors (Lipinski definition) is 2. The van der Waals surface area contributed by atoms with Gasteiger partial charge >= 0.3 is 5.97 Å². The molecule has 0 aromatic carbocycles. The molecule has 2 heterocycles. The average molecular weight is 245 g/mol. The van der Waals surface area contributed by atoms with Crippen LogP contribution in [0, 0.1) is 5.92 Å². The summed E-state index contributed by atoms with van der Waals surface area (Å²) >= 11 is 0. The van der Waals surface area contributed by atoms with Gasteiger partial charge in [-0.2, -0.15) is 0 Å². The van der Waals surface area contributed by atoms with E-state index in [9.17, 15) is 9.90 Å². The molecule has 2 aromatic rings. The molecule has 2 rings (SSSR count). The molecule has 2 N–H and O–H groups in total. The maximum atomic E-state index is 11.2. The lowest BCUT2D eigenvalue weighted by atomic mass is 9.95. The first-order chi connectivity index (χ1) is 8.59. The second-order valence-electron chi connectivity index (χ2n) is 4.48. The summed E-state index contributed by atoms with van der Waals surface area (Å²) < 4.78 is 0. The highest BCUT2D eigenvalue weighted by Crippen LogP contribution is 2.24. The molecule has 0 fully saturated rings. The molecule has 0 aliphatic heterocycles. The SMILES string of the molecule is CC(C)C(C(=O)O)c1ncc(-c2cccnc2)[nH]1. The molecule has 1 atom stereocenters. The van der Waals surface area contributed by atoms with E-state index in [1.54, 1.807) is 18.6 Å². The van der Waals surface area contributed by atoms with E-state index in [0.29, 0.717) is 5.82 Å². The number of H-pyrrole nitrogens is 1. The smallest absolute Gasteiger partial charge is 0.314 e. The molecule has 0 radical (unpaired) electrons. The summed E-state index contributed by atoms with van der Waals surface area (Å²) in [5, 5.41) is 9.20. The van der Waals surface area contributed by atoms with Gasteiger partial charge in [0.15, 0.2) is 0 Å². The Morgan fingerprint density at radius 2 is 2.17 bits per heavy atom. The zero-order chi connectivity index (χ0) is 13.1. The quantitative estimate of drug-likeness (QED) is 0.866. The lowest BCUT2D eigenvalue weighted by molar-refractivity contribution is -0.140. The van der Waals surface area contributed by atoms with Crippen molar-refractivity contribution in [2.45, 2.75) is 19.8 Å². The number of hydrogen-bond acceptors (Lipinski definition) is 3. The Labute approximate surface area is 105 Å². The van der Waals surface area contributed by atoms with Crippen LogP contribution in [-0.4, -0.2) is 26.0 Å². The van der Waals surface area contributed by atoms with Gasteiger partial charge in [0, 0.05) is 18.0 Å². The van der Waals surface area contributed by atoms with Crippen LogP contribution in [0.5, 0.6) is 0 Å². The molecule has 5 nitrogen and oxygen atoms in total. The number of aromatic amines is 1. The minimum absolute atomic E-state index is 0.0181. The fourth-order valence-electron chi connectivity index (χ4n) is 1.88. The molecule has 0 saturated heterocycles. The molecular weight excluding hydrogens is 230 g/mol. The van der Waals surface area contributed by atoms with Crippen molar-refractivity contribution in [3.05, 3.63) is 36.5 Å². The maximum absolute atomic E-state index is 11.2. The van der Waals surface area contributed by atoms with E-state index in [1.165, 1.54) is 0 Å². The number of imidazole rings is 1. The number of carboxylic acids is 1. The molecule has 0 aliphatic rings. The van der Waals surface area contributed by atoms with Gasteiger partial charge in [-0.1, -0.05) is 13.8 Å². The molecule has 18 heavy (non-hydrogen) atoms. The zero-order valence-corrected chi connectivity index (χ0v) is 10.3. The topological polar surface area (TPSA) is 78.9 Å². The Kier molecular flexibility index (Phi) is 3.41. The van der Waals surface area contributed by atoms with E-state index in [-0.39, 0.29) is 5.92 Å². The monoisotopic (exact) mass is 245 g/mol. The first kappa shape index (κ1) is 12.3. The van der Waals surface area contributed by atoms with Gasteiger partial charge in [-0.05, 0) is 18.1 Å². The van der Waals surface area contributed by atoms with Crippen molar-refractivity contribution in [2.24, 2.45) is 5.92 Å². The highest BCUT2D eigenvalue weighted by atomic mass is 16.4. The summed E-state index contributed by atoms with van der Waals surface area (Å²) in [6, 6.07) is 3.72. The Balaban J connectivity index is 2.33. The third-order valence-corrected chi connectivity index (χ3v) is 2.80. The van der Waals surface area contributed by atoms with Crippen molar-refractivity contribution in [2.75, 3.05) is 0 Å². The average Bonchev–Trinajstić information content (AvgIpc) is 2.78. The molecule has 0 bridgehead atoms. The lowest BCUT2D eigenvalue weighted by Gasteiger charge is -2.13. The summed E-state index contributed by atoms with van der Waals surface area (Å²) in [4.78, 5) is 22.5. The van der Waals surface area contributed by atoms with Gasteiger partial charge in [-0.3, -0.25) is 9.78 Å². The first-order valence-corrected chi connectivity index (χ1v) is 5.77. The van der Waals surface area contributed by atoms with Crippen molar-refractivity contribution < 1.29 is 9.90 Å². The van der Waals surface area contributed by atoms with Gasteiger partial charge in [0.2, 0.25) is 0 Å². The van der Waals surface area contributed by atoms with Gasteiger partial charge in [0.25, 0.3) is 0 Å². The predicted molar refractivity (Wildman–Crippen MR) is 67.0 cm³/mol. The van der Waals surface area contributed by atoms with E-state index in [2.05, 4.69) is 15.0 Å². The molecule has 0 spiro atoms. The van der Waals surface area contributed by atoms with Crippen molar-refractivity contribution >= 4 is 5.97 Å². The number of aliphatic carboxylic acids is 1. The molecular formula is C13H15N3O2. The molecule has 2 aromatic heterocycles. The highest BCUT2D eigenvalue weighted by molar-refractivity contribution is 5.75. The van der Waals surface area contributed by atoms with Crippen LogP contribution >= 0.6 is 0 Å². The van der Waals surface area contributed by atoms with E-state index >= 15 is 0 Å². The molecule has 0 saturated carbocycles. The second-order valence-corrected chi connectivity index (χ2v) is 4.48. The summed E-state index contributed by atoms with van der Waals surface area (Å²) in [6.07, 6.45) is 5.04. The first-order valence-electron chi connectivity index (χ1n) is 5.77. The molecule has 0 amide bonds. The van der Waals surface area contributed by atoms with Gasteiger partial charge in [0.1, 0.15) is 11.7 Å². The van der Waals surface area contributed by atoms with Crippen LogP contribution in [0.4, 0.5) is 0 Å². The van der Waals surface area contributed by atoms with Crippen LogP contribution in [0.1, 0.15) is 25.6 Å². The number of nitrogens with one attached hydrogen (secondary N) is 1. The van der Waals surface area contributed by atoms with E-state index < -0.39 is 11.9 Å². The second kappa shape index (κ2) is 5.00. The van der Waals surface area contributed by atoms with Crippen molar-refractivity contribution in [1.29, 1.82) is 0 Å². The number of rotatable bonds is 4. The van der Waals surface area contributed by atoms with Gasteiger partial charge in [-0.15, -0.1) is 0 Å². The summed E-state index contributed by atoms with van der Waals surface area (Å²) in [6.45, 7) is 3.73. The number of carbonyl (C=O) groups is 1. The van der Waals surface area contributed by atoms with Crippen LogP contribution in [0.3, 0.4) is 0 Å². The van der Waals surface area contributed by atoms with Crippen LogP contribution < -0.4 is 0 Å². The standard InChI is InChI=1S/C13H15N3O2/c1-8(2)11(13(17)18)12-15-7-10(16-12)9-4-3-5-14-6-9/h3-8,11H,1-2H3,(H,15,16)(H,17,18). The molecule has 1 unspecified atom stereocenters. The largest absolute Gasteiger partial charge is 0.481 e. The Morgan fingerprint density at radius 3 is 2.72 bits per heavy atom. The summed E-state index contributed by atoms with van der Waals surface area (Å²) in [7, 11) is 0. The number of carboxylic acid groups (broad SMARTS) is 1. The van der Waals surface area contributed by atoms with Crippen LogP contribution in [0.25, 0.3) is 11.3 Å². The number of nitrogens with zero attached hydrogens (tertiary/aromatic N) is 2. The van der Waals surface area contributed by atoms with Crippen molar-refractivity contribution in [1.82, 2.24) is 15.0 Å². The van der Waals surface area contributed by atoms with Crippen LogP contribution in [-0.2, 0) is 4.79 Å². The number of pyridine rings is 1. The normalized spacial score (nSPS) is 12.6. The zero-order valence-electron chi connectivity index (χ0n) is 10.3. The summed E-state index contributed by atoms with van der Waals surface area (Å²) in [5.74, 6) is -1.01. The third-order valence-electron chi connectivity index (χ3n) is 2.80. The van der Waals surface area contributed by atoms with Crippen LogP contribution in [0.2, 0.25) is 0 Å². The number of aromatic nitrogens is 3. The third kappa shape index (κ3) is 2.40. The maximum Gasteiger partial charge on any atom is 0.314 e. The van der Waals surface area contributed by atoms with Crippen molar-refractivity contribution in [3.63, 3.8) is 0 Å². The molecule has 5 heteroatoms. The van der Waals surface area contributed by atoms with E-state index in [1.807, 2.05) is 26.0 Å². The Bertz CT molecular complexity index is 534. The highest BCUT2D eigenvalue weighted by Gasteiger charge is 2.26. The van der Waals surface area contributed by atoms with E-state index in [0.717, 1.165) is 11.3 Å². The van der Waals surface area contributed by atoms with Gasteiger partial charge in [-0.25, -0.2) is 4.98 Å². The van der Waals surface area contributed by atoms with Gasteiger partial charge in [0.05, 0.1) is 11.9 Å². The van der Waals surface area contributed by atoms with Crippen molar-refractivity contribution in [3.8, 4) is 11.3 Å². The Hall–Kier alpha value is -2.17. The Morgan fingerprint density at radius 1 is 1.39 bits per heavy atom. The predicted octanol–water partition coefficient (Wildman–Crippen LogP) is 2.30. The minimum Gasteiger partial charge on any atom is -0.481 e. The molecule has 0 aliphatic carbocycles.